The number of carbonyl (C=O) groups excluding carboxylic acids is 1. The number of benzene rings is 2. The fourth-order valence-electron chi connectivity index (χ4n) is 5.57. The second-order valence-corrected chi connectivity index (χ2v) is 12.7. The molecule has 8 heteroatoms. The van der Waals surface area contributed by atoms with Crippen LogP contribution in [0.15, 0.2) is 53.4 Å². The van der Waals surface area contributed by atoms with Gasteiger partial charge in [-0.25, -0.2) is 13.1 Å². The third-order valence-electron chi connectivity index (χ3n) is 7.82. The van der Waals surface area contributed by atoms with E-state index in [1.165, 1.54) is 19.9 Å². The highest BCUT2D eigenvalue weighted by Crippen LogP contribution is 2.30. The summed E-state index contributed by atoms with van der Waals surface area (Å²) >= 11 is 0. The lowest BCUT2D eigenvalue weighted by atomic mass is 10.1. The molecule has 4 rings (SSSR count). The zero-order chi connectivity index (χ0) is 26.4. The van der Waals surface area contributed by atoms with Gasteiger partial charge in [-0.3, -0.25) is 9.69 Å². The number of carbonyl (C=O) groups is 1. The van der Waals surface area contributed by atoms with E-state index in [2.05, 4.69) is 51.9 Å². The summed E-state index contributed by atoms with van der Waals surface area (Å²) < 4.78 is 26.4. The van der Waals surface area contributed by atoms with E-state index in [4.69, 9.17) is 0 Å². The van der Waals surface area contributed by atoms with E-state index >= 15 is 0 Å². The van der Waals surface area contributed by atoms with Gasteiger partial charge in [-0.15, -0.1) is 0 Å². The second-order valence-electron chi connectivity index (χ2n) is 10.8. The SMILES string of the molecule is CNS(=O)(=O)c1ccc(CCC(=O)N2Cc3ccccc3NCC[C@H]3CC[C@@H](C2)N3CCC(C)C)cc1. The van der Waals surface area contributed by atoms with E-state index in [0.29, 0.717) is 37.4 Å². The van der Waals surface area contributed by atoms with Gasteiger partial charge in [0.1, 0.15) is 0 Å². The van der Waals surface area contributed by atoms with Gasteiger partial charge in [0.2, 0.25) is 15.9 Å². The number of hydrogen-bond acceptors (Lipinski definition) is 5. The van der Waals surface area contributed by atoms with Crippen molar-refractivity contribution in [3.8, 4) is 0 Å². The van der Waals surface area contributed by atoms with Gasteiger partial charge in [0, 0.05) is 43.8 Å². The number of rotatable bonds is 8. The van der Waals surface area contributed by atoms with E-state index in [1.54, 1.807) is 24.3 Å². The maximum absolute atomic E-state index is 13.6. The van der Waals surface area contributed by atoms with Crippen LogP contribution in [0.3, 0.4) is 0 Å². The van der Waals surface area contributed by atoms with Crippen molar-refractivity contribution < 1.29 is 13.2 Å². The molecular formula is C29H42N4O3S. The van der Waals surface area contributed by atoms with Crippen LogP contribution >= 0.6 is 0 Å². The highest BCUT2D eigenvalue weighted by Gasteiger charge is 2.35. The second kappa shape index (κ2) is 12.4. The van der Waals surface area contributed by atoms with Crippen molar-refractivity contribution in [2.45, 2.75) is 75.9 Å². The van der Waals surface area contributed by atoms with Crippen LogP contribution in [-0.2, 0) is 27.8 Å². The van der Waals surface area contributed by atoms with Gasteiger partial charge in [0.25, 0.3) is 0 Å². The Morgan fingerprint density at radius 3 is 2.51 bits per heavy atom. The molecule has 2 atom stereocenters. The van der Waals surface area contributed by atoms with Crippen LogP contribution in [0.2, 0.25) is 0 Å². The lowest BCUT2D eigenvalue weighted by molar-refractivity contribution is -0.132. The normalized spacial score (nSPS) is 20.8. The first kappa shape index (κ1) is 27.6. The molecule has 37 heavy (non-hydrogen) atoms. The van der Waals surface area contributed by atoms with Crippen LogP contribution in [0.1, 0.15) is 57.1 Å². The standard InChI is InChI=1S/C29H42N4O3S/c1-22(2)17-19-33-25-11-12-26(33)21-32(20-24-6-4-5-7-28(24)31-18-16-25)29(34)15-10-23-8-13-27(14-9-23)37(35,36)30-3/h4-9,13-14,22,25-26,30-31H,10-12,15-21H2,1-3H3/t25-,26+/m1/s1. The topological polar surface area (TPSA) is 81.8 Å². The Morgan fingerprint density at radius 2 is 1.78 bits per heavy atom. The zero-order valence-electron chi connectivity index (χ0n) is 22.4. The highest BCUT2D eigenvalue weighted by atomic mass is 32.2. The van der Waals surface area contributed by atoms with E-state index < -0.39 is 10.0 Å². The Labute approximate surface area is 222 Å². The number of fused-ring (bicyclic) bond motifs is 3. The number of sulfonamides is 1. The van der Waals surface area contributed by atoms with Crippen molar-refractivity contribution in [3.63, 3.8) is 0 Å². The van der Waals surface area contributed by atoms with Crippen LogP contribution in [0.4, 0.5) is 5.69 Å². The quantitative estimate of drug-likeness (QED) is 0.538. The molecule has 0 unspecified atom stereocenters. The molecule has 202 valence electrons. The van der Waals surface area contributed by atoms with E-state index in [9.17, 15) is 13.2 Å². The Hall–Kier alpha value is -2.42. The van der Waals surface area contributed by atoms with Gasteiger partial charge in [0.15, 0.2) is 0 Å². The summed E-state index contributed by atoms with van der Waals surface area (Å²) in [5.74, 6) is 0.806. The van der Waals surface area contributed by atoms with Crippen LogP contribution in [-0.4, -0.2) is 62.9 Å². The van der Waals surface area contributed by atoms with Gasteiger partial charge in [-0.2, -0.15) is 0 Å². The summed E-state index contributed by atoms with van der Waals surface area (Å²) in [6.45, 7) is 7.94. The molecule has 2 N–H and O–H groups in total. The van der Waals surface area contributed by atoms with Crippen LogP contribution in [0, 0.1) is 5.92 Å². The fraction of sp³-hybridized carbons (Fsp3) is 0.552. The molecule has 1 fully saturated rings. The summed E-state index contributed by atoms with van der Waals surface area (Å²) in [5, 5.41) is 3.65. The Kier molecular flexibility index (Phi) is 9.27. The Bertz CT molecular complexity index is 1150. The Balaban J connectivity index is 1.51. The molecule has 2 aliphatic heterocycles. The van der Waals surface area contributed by atoms with Crippen LogP contribution < -0.4 is 10.0 Å². The third kappa shape index (κ3) is 7.12. The molecule has 2 heterocycles. The minimum Gasteiger partial charge on any atom is -0.385 e. The number of anilines is 1. The monoisotopic (exact) mass is 526 g/mol. The molecule has 2 aromatic carbocycles. The molecule has 2 aliphatic rings. The van der Waals surface area contributed by atoms with Crippen LogP contribution in [0.5, 0.6) is 0 Å². The van der Waals surface area contributed by atoms with Crippen LogP contribution in [0.25, 0.3) is 0 Å². The number of nitrogens with one attached hydrogen (secondary N) is 2. The summed E-state index contributed by atoms with van der Waals surface area (Å²) in [6.07, 6.45) is 5.60. The van der Waals surface area contributed by atoms with E-state index in [0.717, 1.165) is 49.3 Å². The summed E-state index contributed by atoms with van der Waals surface area (Å²) in [6, 6.07) is 16.1. The highest BCUT2D eigenvalue weighted by molar-refractivity contribution is 7.89. The first-order chi connectivity index (χ1) is 17.8. The predicted octanol–water partition coefficient (Wildman–Crippen LogP) is 4.25. The lowest BCUT2D eigenvalue weighted by Crippen LogP contribution is -2.45. The van der Waals surface area contributed by atoms with Gasteiger partial charge in [0.05, 0.1) is 4.90 Å². The van der Waals surface area contributed by atoms with Gasteiger partial charge >= 0.3 is 0 Å². The van der Waals surface area contributed by atoms with Crippen molar-refractivity contribution in [1.82, 2.24) is 14.5 Å². The van der Waals surface area contributed by atoms with Crippen molar-refractivity contribution in [2.75, 3.05) is 32.0 Å². The molecule has 2 bridgehead atoms. The van der Waals surface area contributed by atoms with Gasteiger partial charge < -0.3 is 10.2 Å². The summed E-state index contributed by atoms with van der Waals surface area (Å²) in [5.41, 5.74) is 3.24. The fourth-order valence-corrected chi connectivity index (χ4v) is 6.30. The van der Waals surface area contributed by atoms with E-state index in [-0.39, 0.29) is 10.8 Å². The number of para-hydroxylation sites is 1. The molecule has 0 aliphatic carbocycles. The summed E-state index contributed by atoms with van der Waals surface area (Å²) in [4.78, 5) is 18.6. The molecule has 0 radical (unpaired) electrons. The number of amides is 1. The maximum Gasteiger partial charge on any atom is 0.240 e. The number of aryl methyl sites for hydroxylation is 1. The van der Waals surface area contributed by atoms with Gasteiger partial charge in [-0.1, -0.05) is 44.2 Å². The predicted molar refractivity (Wildman–Crippen MR) is 149 cm³/mol. The first-order valence-electron chi connectivity index (χ1n) is 13.6. The average molecular weight is 527 g/mol. The average Bonchev–Trinajstić information content (AvgIpc) is 3.26. The molecule has 1 saturated heterocycles. The molecule has 7 nitrogen and oxygen atoms in total. The van der Waals surface area contributed by atoms with Crippen molar-refractivity contribution >= 4 is 21.6 Å². The maximum atomic E-state index is 13.6. The third-order valence-corrected chi connectivity index (χ3v) is 9.25. The molecular weight excluding hydrogens is 484 g/mol. The smallest absolute Gasteiger partial charge is 0.240 e. The largest absolute Gasteiger partial charge is 0.385 e. The zero-order valence-corrected chi connectivity index (χ0v) is 23.3. The van der Waals surface area contributed by atoms with E-state index in [1.807, 2.05) is 6.07 Å². The van der Waals surface area contributed by atoms with Crippen molar-refractivity contribution in [3.05, 3.63) is 59.7 Å². The number of nitrogens with zero attached hydrogens (tertiary/aromatic N) is 2. The van der Waals surface area contributed by atoms with Gasteiger partial charge in [-0.05, 0) is 80.9 Å². The number of hydrogen-bond donors (Lipinski definition) is 2. The molecule has 0 aromatic heterocycles. The minimum atomic E-state index is -3.47. The van der Waals surface area contributed by atoms with Crippen molar-refractivity contribution in [2.24, 2.45) is 5.92 Å². The van der Waals surface area contributed by atoms with Crippen molar-refractivity contribution in [1.29, 1.82) is 0 Å². The minimum absolute atomic E-state index is 0.147. The molecule has 0 saturated carbocycles. The molecule has 1 amide bonds. The molecule has 2 aromatic rings. The Morgan fingerprint density at radius 1 is 1.05 bits per heavy atom. The lowest BCUT2D eigenvalue weighted by Gasteiger charge is -2.34. The molecule has 0 spiro atoms. The first-order valence-corrected chi connectivity index (χ1v) is 15.1. The summed E-state index contributed by atoms with van der Waals surface area (Å²) in [7, 11) is -2.06.